The van der Waals surface area contributed by atoms with Gasteiger partial charge in [-0.2, -0.15) is 0 Å². The van der Waals surface area contributed by atoms with Crippen molar-refractivity contribution in [1.82, 2.24) is 5.32 Å². The Morgan fingerprint density at radius 3 is 2.74 bits per heavy atom. The second kappa shape index (κ2) is 5.89. The summed E-state index contributed by atoms with van der Waals surface area (Å²) in [5, 5.41) is 3.17. The lowest BCUT2D eigenvalue weighted by molar-refractivity contribution is -0.139. The van der Waals surface area contributed by atoms with Crippen LogP contribution in [0.3, 0.4) is 0 Å². The Morgan fingerprint density at radius 1 is 1.42 bits per heavy atom. The number of esters is 1. The molecule has 100 valence electrons. The zero-order valence-corrected chi connectivity index (χ0v) is 11.2. The Morgan fingerprint density at radius 2 is 2.11 bits per heavy atom. The van der Waals surface area contributed by atoms with Crippen LogP contribution in [0.4, 0.5) is 0 Å². The van der Waals surface area contributed by atoms with E-state index in [4.69, 9.17) is 16.3 Å². The first kappa shape index (κ1) is 13.6. The average molecular weight is 280 g/mol. The number of rotatable bonds is 3. The Hall–Kier alpha value is -1.81. The molecule has 4 nitrogen and oxygen atoms in total. The molecule has 0 fully saturated rings. The van der Waals surface area contributed by atoms with Crippen LogP contribution in [0.1, 0.15) is 24.8 Å². The van der Waals surface area contributed by atoms with Gasteiger partial charge in [-0.15, -0.1) is 0 Å². The molecule has 19 heavy (non-hydrogen) atoms. The molecule has 0 radical (unpaired) electrons. The number of nitrogens with one attached hydrogen (secondary N) is 1. The molecule has 1 aliphatic rings. The summed E-state index contributed by atoms with van der Waals surface area (Å²) in [6.07, 6.45) is 1.66. The Bertz CT molecular complexity index is 522. The van der Waals surface area contributed by atoms with Crippen LogP contribution in [0.15, 0.2) is 36.0 Å². The number of carbonyl (C=O) groups is 2. The minimum absolute atomic E-state index is 0.118. The van der Waals surface area contributed by atoms with Crippen molar-refractivity contribution in [3.63, 3.8) is 0 Å². The zero-order valence-electron chi connectivity index (χ0n) is 10.5. The molecule has 1 aliphatic heterocycles. The van der Waals surface area contributed by atoms with E-state index in [1.54, 1.807) is 19.1 Å². The Balaban J connectivity index is 2.31. The molecule has 1 unspecified atom stereocenters. The van der Waals surface area contributed by atoms with Gasteiger partial charge < -0.3 is 10.1 Å². The van der Waals surface area contributed by atoms with Crippen molar-refractivity contribution >= 4 is 23.5 Å². The summed E-state index contributed by atoms with van der Waals surface area (Å²) in [6, 6.07) is 7.12. The van der Waals surface area contributed by atoms with Gasteiger partial charge in [0.25, 0.3) is 0 Å². The highest BCUT2D eigenvalue weighted by Gasteiger charge is 2.29. The normalized spacial score (nSPS) is 18.5. The van der Waals surface area contributed by atoms with Gasteiger partial charge >= 0.3 is 5.97 Å². The molecule has 0 aliphatic carbocycles. The fraction of sp³-hybridized carbons (Fsp3) is 0.286. The van der Waals surface area contributed by atoms with Crippen molar-refractivity contribution in [2.75, 3.05) is 6.61 Å². The van der Waals surface area contributed by atoms with E-state index >= 15 is 0 Å². The van der Waals surface area contributed by atoms with E-state index in [0.29, 0.717) is 17.2 Å². The van der Waals surface area contributed by atoms with Crippen LogP contribution in [0.25, 0.3) is 0 Å². The lowest BCUT2D eigenvalue weighted by Gasteiger charge is -2.23. The topological polar surface area (TPSA) is 55.4 Å². The number of hydrogen-bond acceptors (Lipinski definition) is 3. The summed E-state index contributed by atoms with van der Waals surface area (Å²) in [5.74, 6) is -0.805. The van der Waals surface area contributed by atoms with E-state index in [0.717, 1.165) is 5.56 Å². The number of hydrogen-bond donors (Lipinski definition) is 1. The van der Waals surface area contributed by atoms with Crippen LogP contribution in [0, 0.1) is 0 Å². The predicted octanol–water partition coefficient (Wildman–Crippen LogP) is 2.39. The fourth-order valence-electron chi connectivity index (χ4n) is 2.02. The summed E-state index contributed by atoms with van der Waals surface area (Å²) >= 11 is 5.84. The molecule has 1 heterocycles. The molecule has 1 aromatic carbocycles. The molecule has 2 rings (SSSR count). The van der Waals surface area contributed by atoms with Gasteiger partial charge in [0, 0.05) is 23.6 Å². The van der Waals surface area contributed by atoms with E-state index in [2.05, 4.69) is 5.32 Å². The van der Waals surface area contributed by atoms with Crippen molar-refractivity contribution in [3.05, 3.63) is 46.6 Å². The number of benzene rings is 1. The minimum Gasteiger partial charge on any atom is -0.463 e. The molecule has 0 saturated heterocycles. The highest BCUT2D eigenvalue weighted by atomic mass is 35.5. The van der Waals surface area contributed by atoms with E-state index in [1.165, 1.54) is 6.20 Å². The van der Waals surface area contributed by atoms with E-state index in [-0.39, 0.29) is 18.2 Å². The molecule has 1 atom stereocenters. The van der Waals surface area contributed by atoms with Crippen molar-refractivity contribution < 1.29 is 14.3 Å². The highest BCUT2D eigenvalue weighted by Crippen LogP contribution is 2.31. The summed E-state index contributed by atoms with van der Waals surface area (Å²) in [5.41, 5.74) is 1.34. The number of amides is 1. The quantitative estimate of drug-likeness (QED) is 0.865. The lowest BCUT2D eigenvalue weighted by Crippen LogP contribution is -2.30. The summed E-state index contributed by atoms with van der Waals surface area (Å²) in [7, 11) is 0. The maximum Gasteiger partial charge on any atom is 0.336 e. The Kier molecular flexibility index (Phi) is 4.22. The molecule has 5 heteroatoms. The summed E-state index contributed by atoms with van der Waals surface area (Å²) in [6.45, 7) is 2.05. The van der Waals surface area contributed by atoms with Gasteiger partial charge in [-0.05, 0) is 24.6 Å². The van der Waals surface area contributed by atoms with Gasteiger partial charge in [-0.1, -0.05) is 23.7 Å². The standard InChI is InChI=1S/C14H14ClNO3/c1-2-19-14(18)12-8-16-13(17)7-11(12)9-3-5-10(15)6-4-9/h3-6,8,11H,2,7H2,1H3,(H,16,17). The minimum atomic E-state index is -0.401. The van der Waals surface area contributed by atoms with Crippen LogP contribution in [-0.2, 0) is 14.3 Å². The van der Waals surface area contributed by atoms with Gasteiger partial charge in [0.1, 0.15) is 0 Å². The first-order chi connectivity index (χ1) is 9.11. The average Bonchev–Trinajstić information content (AvgIpc) is 2.39. The largest absolute Gasteiger partial charge is 0.463 e. The van der Waals surface area contributed by atoms with Crippen molar-refractivity contribution in [1.29, 1.82) is 0 Å². The molecule has 1 amide bonds. The maximum absolute atomic E-state index is 11.9. The van der Waals surface area contributed by atoms with Crippen molar-refractivity contribution in [2.24, 2.45) is 0 Å². The molecule has 0 bridgehead atoms. The highest BCUT2D eigenvalue weighted by molar-refractivity contribution is 6.30. The third-order valence-corrected chi connectivity index (χ3v) is 3.19. The number of ether oxygens (including phenoxy) is 1. The third kappa shape index (κ3) is 3.15. The smallest absolute Gasteiger partial charge is 0.336 e. The molecule has 1 N–H and O–H groups in total. The second-order valence-corrected chi connectivity index (χ2v) is 4.63. The monoisotopic (exact) mass is 279 g/mol. The third-order valence-electron chi connectivity index (χ3n) is 2.94. The van der Waals surface area contributed by atoms with Gasteiger partial charge in [-0.25, -0.2) is 4.79 Å². The molecule has 0 aromatic heterocycles. The lowest BCUT2D eigenvalue weighted by atomic mass is 9.86. The van der Waals surface area contributed by atoms with Crippen molar-refractivity contribution in [3.8, 4) is 0 Å². The van der Waals surface area contributed by atoms with Crippen molar-refractivity contribution in [2.45, 2.75) is 19.3 Å². The molecule has 1 aromatic rings. The van der Waals surface area contributed by atoms with Crippen LogP contribution >= 0.6 is 11.6 Å². The first-order valence-electron chi connectivity index (χ1n) is 6.04. The first-order valence-corrected chi connectivity index (χ1v) is 6.41. The van der Waals surface area contributed by atoms with E-state index in [1.807, 2.05) is 12.1 Å². The fourth-order valence-corrected chi connectivity index (χ4v) is 2.15. The number of halogens is 1. The molecule has 0 spiro atoms. The summed E-state index contributed by atoms with van der Waals surface area (Å²) in [4.78, 5) is 23.4. The molecular weight excluding hydrogens is 266 g/mol. The summed E-state index contributed by atoms with van der Waals surface area (Å²) < 4.78 is 5.01. The second-order valence-electron chi connectivity index (χ2n) is 4.20. The van der Waals surface area contributed by atoms with E-state index in [9.17, 15) is 9.59 Å². The van der Waals surface area contributed by atoms with Crippen LogP contribution in [-0.4, -0.2) is 18.5 Å². The predicted molar refractivity (Wildman–Crippen MR) is 71.7 cm³/mol. The van der Waals surface area contributed by atoms with Gasteiger partial charge in [0.15, 0.2) is 0 Å². The van der Waals surface area contributed by atoms with E-state index < -0.39 is 5.97 Å². The van der Waals surface area contributed by atoms with Gasteiger partial charge in [0.2, 0.25) is 5.91 Å². The van der Waals surface area contributed by atoms with Crippen LogP contribution in [0.5, 0.6) is 0 Å². The van der Waals surface area contributed by atoms with Crippen LogP contribution < -0.4 is 5.32 Å². The SMILES string of the molecule is CCOC(=O)C1=CNC(=O)CC1c1ccc(Cl)cc1. The van der Waals surface area contributed by atoms with Gasteiger partial charge in [-0.3, -0.25) is 4.79 Å². The zero-order chi connectivity index (χ0) is 13.8. The molecular formula is C14H14ClNO3. The maximum atomic E-state index is 11.9. The van der Waals surface area contributed by atoms with Crippen LogP contribution in [0.2, 0.25) is 5.02 Å². The Labute approximate surface area is 116 Å². The number of carbonyl (C=O) groups excluding carboxylic acids is 2. The van der Waals surface area contributed by atoms with Gasteiger partial charge in [0.05, 0.1) is 12.2 Å². The molecule has 0 saturated carbocycles.